The molecule has 0 saturated carbocycles. The number of hydrogen-bond donors (Lipinski definition) is 0. The third kappa shape index (κ3) is 4.14. The van der Waals surface area contributed by atoms with Gasteiger partial charge in [-0.25, -0.2) is 9.79 Å². The first-order chi connectivity index (χ1) is 13.9. The Kier molecular flexibility index (Phi) is 6.26. The quantitative estimate of drug-likeness (QED) is 0.536. The highest BCUT2D eigenvalue weighted by Crippen LogP contribution is 2.42. The normalized spacial score (nSPS) is 18.8. The van der Waals surface area contributed by atoms with Crippen molar-refractivity contribution in [1.82, 2.24) is 4.90 Å². The Bertz CT molecular complexity index is 924. The largest absolute Gasteiger partial charge is 0.493 e. The summed E-state index contributed by atoms with van der Waals surface area (Å²) in [6, 6.07) is 4.24. The maximum atomic E-state index is 12.8. The molecular formula is C20H22N2O6S. The molecule has 0 bridgehead atoms. The van der Waals surface area contributed by atoms with Crippen LogP contribution in [0.15, 0.2) is 34.5 Å². The van der Waals surface area contributed by atoms with E-state index in [1.54, 1.807) is 32.0 Å². The number of aliphatic imine (C=N–C) groups is 1. The summed E-state index contributed by atoms with van der Waals surface area (Å²) in [7, 11) is 1.45. The number of carbonyl (C=O) groups is 3. The molecule has 8 nitrogen and oxygen atoms in total. The molecule has 1 aromatic rings. The number of carbonyl (C=O) groups excluding carboxylic acids is 3. The molecule has 3 rings (SSSR count). The molecule has 29 heavy (non-hydrogen) atoms. The summed E-state index contributed by atoms with van der Waals surface area (Å²) >= 11 is 1.47. The van der Waals surface area contributed by atoms with Crippen molar-refractivity contribution in [3.8, 4) is 11.5 Å². The van der Waals surface area contributed by atoms with E-state index in [-0.39, 0.29) is 18.3 Å². The zero-order valence-electron chi connectivity index (χ0n) is 16.7. The van der Waals surface area contributed by atoms with Crippen LogP contribution in [0, 0.1) is 0 Å². The smallest absolute Gasteiger partial charge is 0.338 e. The average Bonchev–Trinajstić information content (AvgIpc) is 2.67. The number of methoxy groups -OCH3 is 1. The lowest BCUT2D eigenvalue weighted by Crippen LogP contribution is -2.45. The molecule has 2 aliphatic rings. The number of nitrogens with zero attached hydrogens (tertiary/aromatic N) is 2. The summed E-state index contributed by atoms with van der Waals surface area (Å²) in [5.41, 5.74) is 1.43. The average molecular weight is 418 g/mol. The lowest BCUT2D eigenvalue weighted by molar-refractivity contribution is -0.139. The zero-order chi connectivity index (χ0) is 21.1. The molecule has 1 fully saturated rings. The Morgan fingerprint density at radius 1 is 1.31 bits per heavy atom. The number of amides is 1. The number of amidine groups is 1. The third-order valence-corrected chi connectivity index (χ3v) is 5.41. The minimum absolute atomic E-state index is 0.121. The van der Waals surface area contributed by atoms with Crippen LogP contribution in [0.5, 0.6) is 11.5 Å². The van der Waals surface area contributed by atoms with Crippen LogP contribution in [-0.4, -0.2) is 47.4 Å². The van der Waals surface area contributed by atoms with E-state index in [0.717, 1.165) is 0 Å². The molecule has 0 spiro atoms. The maximum Gasteiger partial charge on any atom is 0.338 e. The number of esters is 2. The van der Waals surface area contributed by atoms with Gasteiger partial charge in [0.25, 0.3) is 0 Å². The van der Waals surface area contributed by atoms with Gasteiger partial charge in [-0.3, -0.25) is 14.5 Å². The Morgan fingerprint density at radius 2 is 2.07 bits per heavy atom. The highest BCUT2D eigenvalue weighted by molar-refractivity contribution is 8.14. The van der Waals surface area contributed by atoms with Crippen molar-refractivity contribution in [2.24, 2.45) is 4.99 Å². The van der Waals surface area contributed by atoms with Crippen LogP contribution in [0.1, 0.15) is 38.8 Å². The second kappa shape index (κ2) is 8.69. The van der Waals surface area contributed by atoms with Gasteiger partial charge in [0.2, 0.25) is 5.91 Å². The van der Waals surface area contributed by atoms with Crippen LogP contribution < -0.4 is 9.47 Å². The van der Waals surface area contributed by atoms with Gasteiger partial charge < -0.3 is 14.2 Å². The molecule has 1 saturated heterocycles. The SMILES string of the molecule is CCOC(=O)C1=C(C)N=C2SCCC(=O)N2C1c1ccc(OC(C)=O)c(OC)c1. The second-order valence-electron chi connectivity index (χ2n) is 6.38. The fraction of sp³-hybridized carbons (Fsp3) is 0.400. The van der Waals surface area contributed by atoms with E-state index >= 15 is 0 Å². The van der Waals surface area contributed by atoms with Gasteiger partial charge in [-0.05, 0) is 31.5 Å². The highest BCUT2D eigenvalue weighted by atomic mass is 32.2. The van der Waals surface area contributed by atoms with Crippen LogP contribution in [0.4, 0.5) is 0 Å². The summed E-state index contributed by atoms with van der Waals surface area (Å²) in [5.74, 6) is 0.0890. The van der Waals surface area contributed by atoms with Crippen molar-refractivity contribution in [1.29, 1.82) is 0 Å². The molecule has 2 heterocycles. The number of thioether (sulfide) groups is 1. The maximum absolute atomic E-state index is 12.8. The van der Waals surface area contributed by atoms with Crippen LogP contribution in [0.2, 0.25) is 0 Å². The van der Waals surface area contributed by atoms with Gasteiger partial charge in [0.05, 0.1) is 31.0 Å². The monoisotopic (exact) mass is 418 g/mol. The van der Waals surface area contributed by atoms with Crippen molar-refractivity contribution < 1.29 is 28.6 Å². The van der Waals surface area contributed by atoms with Gasteiger partial charge >= 0.3 is 11.9 Å². The lowest BCUT2D eigenvalue weighted by atomic mass is 9.94. The first kappa shape index (κ1) is 20.9. The molecule has 1 atom stereocenters. The van der Waals surface area contributed by atoms with Crippen LogP contribution in [0.25, 0.3) is 0 Å². The molecule has 0 radical (unpaired) electrons. The topological polar surface area (TPSA) is 94.5 Å². The van der Waals surface area contributed by atoms with Gasteiger partial charge in [0, 0.05) is 19.1 Å². The zero-order valence-corrected chi connectivity index (χ0v) is 17.5. The van der Waals surface area contributed by atoms with E-state index in [1.807, 2.05) is 0 Å². The van der Waals surface area contributed by atoms with E-state index in [2.05, 4.69) is 4.99 Å². The van der Waals surface area contributed by atoms with E-state index in [9.17, 15) is 14.4 Å². The van der Waals surface area contributed by atoms with Gasteiger partial charge in [0.15, 0.2) is 16.7 Å². The van der Waals surface area contributed by atoms with Crippen LogP contribution >= 0.6 is 11.8 Å². The predicted octanol–water partition coefficient (Wildman–Crippen LogP) is 2.83. The van der Waals surface area contributed by atoms with Crippen molar-refractivity contribution in [2.45, 2.75) is 33.2 Å². The summed E-state index contributed by atoms with van der Waals surface area (Å²) in [4.78, 5) is 42.9. The Hall–Kier alpha value is -2.81. The number of ether oxygens (including phenoxy) is 3. The van der Waals surface area contributed by atoms with E-state index in [1.165, 1.54) is 30.7 Å². The van der Waals surface area contributed by atoms with Crippen LogP contribution in [0.3, 0.4) is 0 Å². The van der Waals surface area contributed by atoms with Crippen LogP contribution in [-0.2, 0) is 19.1 Å². The lowest BCUT2D eigenvalue weighted by Gasteiger charge is -2.39. The van der Waals surface area contributed by atoms with E-state index < -0.39 is 18.0 Å². The highest BCUT2D eigenvalue weighted by Gasteiger charge is 2.41. The van der Waals surface area contributed by atoms with Crippen molar-refractivity contribution in [2.75, 3.05) is 19.5 Å². The van der Waals surface area contributed by atoms with Gasteiger partial charge in [-0.2, -0.15) is 0 Å². The molecule has 1 unspecified atom stereocenters. The van der Waals surface area contributed by atoms with Crippen molar-refractivity contribution in [3.63, 3.8) is 0 Å². The molecule has 2 aliphatic heterocycles. The Balaban J connectivity index is 2.14. The second-order valence-corrected chi connectivity index (χ2v) is 7.44. The van der Waals surface area contributed by atoms with Gasteiger partial charge in [-0.1, -0.05) is 17.8 Å². The summed E-state index contributed by atoms with van der Waals surface area (Å²) in [6.45, 7) is 4.95. The standard InChI is InChI=1S/C20H22N2O6S/c1-5-27-19(25)17-11(2)21-20-22(16(24)8-9-29-20)18(17)13-6-7-14(28-12(3)23)15(10-13)26-4/h6-7,10,18H,5,8-9H2,1-4H3. The molecule has 0 aromatic heterocycles. The van der Waals surface area contributed by atoms with Crippen molar-refractivity contribution >= 4 is 34.8 Å². The van der Waals surface area contributed by atoms with Gasteiger partial charge in [0.1, 0.15) is 0 Å². The molecular weight excluding hydrogens is 396 g/mol. The fourth-order valence-electron chi connectivity index (χ4n) is 3.27. The molecule has 0 aliphatic carbocycles. The molecule has 154 valence electrons. The molecule has 1 aromatic carbocycles. The van der Waals surface area contributed by atoms with Crippen molar-refractivity contribution in [3.05, 3.63) is 35.0 Å². The molecule has 9 heteroatoms. The number of allylic oxidation sites excluding steroid dienone is 1. The number of rotatable bonds is 5. The van der Waals surface area contributed by atoms with E-state index in [4.69, 9.17) is 14.2 Å². The molecule has 0 N–H and O–H groups in total. The van der Waals surface area contributed by atoms with Gasteiger partial charge in [-0.15, -0.1) is 0 Å². The fourth-order valence-corrected chi connectivity index (χ4v) is 4.28. The minimum Gasteiger partial charge on any atom is -0.493 e. The molecule has 1 amide bonds. The summed E-state index contributed by atoms with van der Waals surface area (Å²) in [6.07, 6.45) is 0.345. The summed E-state index contributed by atoms with van der Waals surface area (Å²) < 4.78 is 15.8. The Morgan fingerprint density at radius 3 is 2.72 bits per heavy atom. The number of benzene rings is 1. The third-order valence-electron chi connectivity index (χ3n) is 4.46. The predicted molar refractivity (Wildman–Crippen MR) is 108 cm³/mol. The first-order valence-electron chi connectivity index (χ1n) is 9.15. The summed E-state index contributed by atoms with van der Waals surface area (Å²) in [5, 5.41) is 0.555. The number of hydrogen-bond acceptors (Lipinski definition) is 8. The first-order valence-corrected chi connectivity index (χ1v) is 10.1. The minimum atomic E-state index is -0.706. The number of fused-ring (bicyclic) bond motifs is 1. The van der Waals surface area contributed by atoms with E-state index in [0.29, 0.717) is 39.9 Å². The Labute approximate surface area is 172 Å².